The van der Waals surface area contributed by atoms with Gasteiger partial charge in [0.15, 0.2) is 5.76 Å². The van der Waals surface area contributed by atoms with Gasteiger partial charge in [-0.3, -0.25) is 4.79 Å². The molecule has 108 valence electrons. The van der Waals surface area contributed by atoms with Crippen molar-refractivity contribution in [3.05, 3.63) is 59.0 Å². The van der Waals surface area contributed by atoms with E-state index in [4.69, 9.17) is 9.52 Å². The van der Waals surface area contributed by atoms with Gasteiger partial charge >= 0.3 is 0 Å². The molecule has 0 fully saturated rings. The van der Waals surface area contributed by atoms with Crippen molar-refractivity contribution in [3.63, 3.8) is 0 Å². The molecule has 4 heteroatoms. The van der Waals surface area contributed by atoms with Crippen LogP contribution in [0.15, 0.2) is 41.0 Å². The van der Waals surface area contributed by atoms with Crippen LogP contribution in [0.3, 0.4) is 0 Å². The summed E-state index contributed by atoms with van der Waals surface area (Å²) in [4.78, 5) is 13.9. The molecule has 0 saturated carbocycles. The molecule has 0 spiro atoms. The second kappa shape index (κ2) is 6.78. The van der Waals surface area contributed by atoms with Gasteiger partial charge in [0.25, 0.3) is 5.91 Å². The van der Waals surface area contributed by atoms with Gasteiger partial charge in [0, 0.05) is 24.7 Å². The summed E-state index contributed by atoms with van der Waals surface area (Å²) < 4.78 is 5.23. The Morgan fingerprint density at radius 1 is 1.33 bits per heavy atom. The Bertz CT molecular complexity index is 691. The molecule has 0 unspecified atom stereocenters. The molecule has 1 aromatic heterocycles. The van der Waals surface area contributed by atoms with Crippen molar-refractivity contribution in [3.8, 4) is 11.8 Å². The van der Waals surface area contributed by atoms with Gasteiger partial charge in [-0.05, 0) is 24.6 Å². The first-order chi connectivity index (χ1) is 10.1. The Kier molecular flexibility index (Phi) is 4.81. The van der Waals surface area contributed by atoms with E-state index >= 15 is 0 Å². The van der Waals surface area contributed by atoms with Crippen LogP contribution in [0.4, 0.5) is 0 Å². The first kappa shape index (κ1) is 14.9. The molecule has 0 aliphatic heterocycles. The maximum atomic E-state index is 12.3. The summed E-state index contributed by atoms with van der Waals surface area (Å²) in [5.74, 6) is 5.71. The number of aliphatic hydroxyl groups excluding tert-OH is 1. The lowest BCUT2D eigenvalue weighted by molar-refractivity contribution is 0.0752. The van der Waals surface area contributed by atoms with E-state index in [2.05, 4.69) is 11.8 Å². The third-order valence-corrected chi connectivity index (χ3v) is 3.13. The summed E-state index contributed by atoms with van der Waals surface area (Å²) in [6, 6.07) is 9.33. The summed E-state index contributed by atoms with van der Waals surface area (Å²) in [6.45, 7) is 2.08. The molecule has 0 aliphatic rings. The Hall–Kier alpha value is -2.51. The Balaban J connectivity index is 2.18. The van der Waals surface area contributed by atoms with E-state index < -0.39 is 0 Å². The lowest BCUT2D eigenvalue weighted by Gasteiger charge is -2.17. The maximum absolute atomic E-state index is 12.3. The van der Waals surface area contributed by atoms with Gasteiger partial charge in [-0.15, -0.1) is 0 Å². The summed E-state index contributed by atoms with van der Waals surface area (Å²) in [5, 5.41) is 8.79. The molecule has 1 N–H and O–H groups in total. The molecular formula is C17H17NO3. The molecule has 2 rings (SSSR count). The second-order valence-electron chi connectivity index (χ2n) is 4.71. The molecule has 4 nitrogen and oxygen atoms in total. The number of benzene rings is 1. The van der Waals surface area contributed by atoms with E-state index in [1.165, 1.54) is 6.26 Å². The fraction of sp³-hybridized carbons (Fsp3) is 0.235. The van der Waals surface area contributed by atoms with Crippen molar-refractivity contribution in [1.82, 2.24) is 4.90 Å². The van der Waals surface area contributed by atoms with Crippen LogP contribution in [0.2, 0.25) is 0 Å². The van der Waals surface area contributed by atoms with Crippen LogP contribution in [0.25, 0.3) is 0 Å². The number of nitrogens with zero attached hydrogens (tertiary/aromatic N) is 1. The van der Waals surface area contributed by atoms with Crippen LogP contribution in [0, 0.1) is 18.8 Å². The molecule has 2 aromatic rings. The van der Waals surface area contributed by atoms with Gasteiger partial charge < -0.3 is 14.4 Å². The zero-order valence-electron chi connectivity index (χ0n) is 12.1. The molecule has 1 heterocycles. The monoisotopic (exact) mass is 283 g/mol. The maximum Gasteiger partial charge on any atom is 0.289 e. The molecule has 21 heavy (non-hydrogen) atoms. The van der Waals surface area contributed by atoms with Crippen molar-refractivity contribution in [2.24, 2.45) is 0 Å². The highest BCUT2D eigenvalue weighted by Crippen LogP contribution is 2.15. The first-order valence-corrected chi connectivity index (χ1v) is 6.60. The number of amides is 1. The molecule has 0 saturated heterocycles. The van der Waals surface area contributed by atoms with Crippen molar-refractivity contribution >= 4 is 5.91 Å². The topological polar surface area (TPSA) is 53.7 Å². The number of hydrogen-bond donors (Lipinski definition) is 1. The van der Waals surface area contributed by atoms with Crippen molar-refractivity contribution < 1.29 is 14.3 Å². The van der Waals surface area contributed by atoms with Gasteiger partial charge in [-0.25, -0.2) is 0 Å². The van der Waals surface area contributed by atoms with Gasteiger partial charge in [-0.2, -0.15) is 0 Å². The number of carbonyl (C=O) groups is 1. The Morgan fingerprint density at radius 2 is 2.10 bits per heavy atom. The minimum Gasteiger partial charge on any atom is -0.459 e. The quantitative estimate of drug-likeness (QED) is 0.879. The van der Waals surface area contributed by atoms with E-state index in [1.807, 2.05) is 31.2 Å². The van der Waals surface area contributed by atoms with Gasteiger partial charge in [0.2, 0.25) is 0 Å². The normalized spacial score (nSPS) is 9.86. The smallest absolute Gasteiger partial charge is 0.289 e. The average molecular weight is 283 g/mol. The summed E-state index contributed by atoms with van der Waals surface area (Å²) in [6.07, 6.45) is 1.51. The molecular weight excluding hydrogens is 266 g/mol. The van der Waals surface area contributed by atoms with E-state index in [-0.39, 0.29) is 12.5 Å². The summed E-state index contributed by atoms with van der Waals surface area (Å²) in [5.41, 5.74) is 2.56. The van der Waals surface area contributed by atoms with E-state index in [1.54, 1.807) is 18.0 Å². The Morgan fingerprint density at radius 3 is 2.76 bits per heavy atom. The lowest BCUT2D eigenvalue weighted by Crippen LogP contribution is -2.26. The summed E-state index contributed by atoms with van der Waals surface area (Å²) in [7, 11) is 1.72. The largest absolute Gasteiger partial charge is 0.459 e. The highest BCUT2D eigenvalue weighted by atomic mass is 16.3. The standard InChI is InChI=1S/C17H17NO3/c1-13-9-11-21-16(13)17(20)18(2)12-15-7-4-3-6-14(15)8-5-10-19/h3-4,6-7,9,11,19H,10,12H2,1-2H3. The number of aliphatic hydroxyl groups is 1. The molecule has 0 bridgehead atoms. The highest BCUT2D eigenvalue weighted by molar-refractivity contribution is 5.92. The first-order valence-electron chi connectivity index (χ1n) is 6.60. The minimum absolute atomic E-state index is 0.164. The number of hydrogen-bond acceptors (Lipinski definition) is 3. The minimum atomic E-state index is -0.186. The number of rotatable bonds is 3. The third-order valence-electron chi connectivity index (χ3n) is 3.13. The van der Waals surface area contributed by atoms with Crippen molar-refractivity contribution in [2.45, 2.75) is 13.5 Å². The van der Waals surface area contributed by atoms with Crippen LogP contribution >= 0.6 is 0 Å². The van der Waals surface area contributed by atoms with E-state index in [9.17, 15) is 4.79 Å². The third kappa shape index (κ3) is 3.53. The SMILES string of the molecule is Cc1ccoc1C(=O)N(C)Cc1ccccc1C#CCO. The lowest BCUT2D eigenvalue weighted by atomic mass is 10.1. The number of aryl methyl sites for hydroxylation is 1. The zero-order chi connectivity index (χ0) is 15.2. The predicted molar refractivity (Wildman–Crippen MR) is 79.6 cm³/mol. The number of carbonyl (C=O) groups excluding carboxylic acids is 1. The average Bonchev–Trinajstić information content (AvgIpc) is 2.91. The molecule has 1 aromatic carbocycles. The van der Waals surface area contributed by atoms with Crippen LogP contribution < -0.4 is 0 Å². The molecule has 0 atom stereocenters. The molecule has 0 aliphatic carbocycles. The fourth-order valence-corrected chi connectivity index (χ4v) is 2.01. The molecule has 1 amide bonds. The van der Waals surface area contributed by atoms with Crippen LogP contribution in [-0.2, 0) is 6.54 Å². The number of furan rings is 1. The Labute approximate surface area is 124 Å². The van der Waals surface area contributed by atoms with E-state index in [0.717, 1.165) is 16.7 Å². The van der Waals surface area contributed by atoms with Crippen molar-refractivity contribution in [1.29, 1.82) is 0 Å². The predicted octanol–water partition coefficient (Wildman–Crippen LogP) is 2.20. The van der Waals surface area contributed by atoms with Gasteiger partial charge in [0.05, 0.1) is 6.26 Å². The fourth-order valence-electron chi connectivity index (χ4n) is 2.01. The zero-order valence-corrected chi connectivity index (χ0v) is 12.1. The van der Waals surface area contributed by atoms with Crippen LogP contribution in [0.5, 0.6) is 0 Å². The van der Waals surface area contributed by atoms with Gasteiger partial charge in [0.1, 0.15) is 6.61 Å². The van der Waals surface area contributed by atoms with Crippen LogP contribution in [-0.4, -0.2) is 29.6 Å². The van der Waals surface area contributed by atoms with Crippen LogP contribution in [0.1, 0.15) is 27.2 Å². The summed E-state index contributed by atoms with van der Waals surface area (Å²) >= 11 is 0. The second-order valence-corrected chi connectivity index (χ2v) is 4.71. The van der Waals surface area contributed by atoms with Gasteiger partial charge in [-0.1, -0.05) is 30.0 Å². The molecule has 0 radical (unpaired) electrons. The highest BCUT2D eigenvalue weighted by Gasteiger charge is 2.18. The van der Waals surface area contributed by atoms with Crippen molar-refractivity contribution in [2.75, 3.05) is 13.7 Å². The van der Waals surface area contributed by atoms with E-state index in [0.29, 0.717) is 12.3 Å².